The third-order valence-corrected chi connectivity index (χ3v) is 4.94. The van der Waals surface area contributed by atoms with Crippen LogP contribution in [-0.2, 0) is 14.3 Å². The summed E-state index contributed by atoms with van der Waals surface area (Å²) in [6, 6.07) is 8.10. The molecule has 0 spiro atoms. The molecule has 2 fully saturated rings. The van der Waals surface area contributed by atoms with Crippen LogP contribution in [-0.4, -0.2) is 38.6 Å². The maximum atomic E-state index is 12.3. The minimum absolute atomic E-state index is 0.101. The van der Waals surface area contributed by atoms with Gasteiger partial charge in [-0.2, -0.15) is 0 Å². The van der Waals surface area contributed by atoms with Crippen LogP contribution in [0.2, 0.25) is 0 Å². The molecule has 1 aromatic carbocycles. The van der Waals surface area contributed by atoms with Gasteiger partial charge in [0.1, 0.15) is 5.75 Å². The van der Waals surface area contributed by atoms with Crippen LogP contribution in [0.5, 0.6) is 5.75 Å². The van der Waals surface area contributed by atoms with E-state index in [1.807, 2.05) is 19.1 Å². The summed E-state index contributed by atoms with van der Waals surface area (Å²) in [5.41, 5.74) is 1.22. The van der Waals surface area contributed by atoms with Crippen molar-refractivity contribution in [2.45, 2.75) is 44.3 Å². The standard InChI is InChI=1S/C19H27NO4/c1-19(23-11-12-24-19)9-10-20-18(21)13-17(14-3-4-14)15-5-7-16(22-2)8-6-15/h5-8,14,17H,3-4,9-13H2,1-2H3,(H,20,21). The maximum Gasteiger partial charge on any atom is 0.220 e. The van der Waals surface area contributed by atoms with Crippen molar-refractivity contribution in [1.82, 2.24) is 5.32 Å². The number of methoxy groups -OCH3 is 1. The van der Waals surface area contributed by atoms with E-state index in [1.165, 1.54) is 18.4 Å². The van der Waals surface area contributed by atoms with Gasteiger partial charge in [0.2, 0.25) is 5.91 Å². The molecule has 1 aliphatic carbocycles. The van der Waals surface area contributed by atoms with Gasteiger partial charge in [0.05, 0.1) is 20.3 Å². The first-order valence-corrected chi connectivity index (χ1v) is 8.78. The second kappa shape index (κ2) is 7.53. The molecule has 0 aromatic heterocycles. The third kappa shape index (κ3) is 4.48. The van der Waals surface area contributed by atoms with Gasteiger partial charge in [0.15, 0.2) is 5.79 Å². The molecule has 1 unspecified atom stereocenters. The molecule has 0 radical (unpaired) electrons. The van der Waals surface area contributed by atoms with Crippen LogP contribution in [0.15, 0.2) is 24.3 Å². The minimum Gasteiger partial charge on any atom is -0.497 e. The topological polar surface area (TPSA) is 56.8 Å². The zero-order chi connectivity index (χ0) is 17.0. The van der Waals surface area contributed by atoms with Gasteiger partial charge in [-0.1, -0.05) is 12.1 Å². The van der Waals surface area contributed by atoms with E-state index in [-0.39, 0.29) is 5.91 Å². The first-order valence-electron chi connectivity index (χ1n) is 8.78. The summed E-state index contributed by atoms with van der Waals surface area (Å²) in [7, 11) is 1.67. The highest BCUT2D eigenvalue weighted by Crippen LogP contribution is 2.44. The lowest BCUT2D eigenvalue weighted by atomic mass is 9.90. The fourth-order valence-corrected chi connectivity index (χ4v) is 3.31. The number of ether oxygens (including phenoxy) is 3. The maximum absolute atomic E-state index is 12.3. The van der Waals surface area contributed by atoms with Crippen LogP contribution in [0.3, 0.4) is 0 Å². The molecule has 0 bridgehead atoms. The quantitative estimate of drug-likeness (QED) is 0.795. The Balaban J connectivity index is 1.50. The number of hydrogen-bond donors (Lipinski definition) is 1. The predicted octanol–water partition coefficient (Wildman–Crippen LogP) is 2.85. The van der Waals surface area contributed by atoms with Gasteiger partial charge < -0.3 is 19.5 Å². The van der Waals surface area contributed by atoms with Crippen molar-refractivity contribution in [2.24, 2.45) is 5.92 Å². The molecule has 24 heavy (non-hydrogen) atoms. The van der Waals surface area contributed by atoms with Gasteiger partial charge in [-0.3, -0.25) is 4.79 Å². The van der Waals surface area contributed by atoms with Crippen molar-refractivity contribution in [3.63, 3.8) is 0 Å². The van der Waals surface area contributed by atoms with E-state index in [0.29, 0.717) is 44.4 Å². The summed E-state index contributed by atoms with van der Waals surface area (Å²) in [6.07, 6.45) is 3.64. The molecule has 5 nitrogen and oxygen atoms in total. The molecule has 1 amide bonds. The van der Waals surface area contributed by atoms with Gasteiger partial charge in [-0.25, -0.2) is 0 Å². The van der Waals surface area contributed by atoms with Gasteiger partial charge in [-0.05, 0) is 49.3 Å². The van der Waals surface area contributed by atoms with E-state index < -0.39 is 5.79 Å². The Morgan fingerprint density at radius 3 is 2.54 bits per heavy atom. The number of nitrogens with one attached hydrogen (secondary N) is 1. The van der Waals surface area contributed by atoms with E-state index >= 15 is 0 Å². The summed E-state index contributed by atoms with van der Waals surface area (Å²) in [4.78, 5) is 12.3. The minimum atomic E-state index is -0.543. The highest BCUT2D eigenvalue weighted by molar-refractivity contribution is 5.77. The molecule has 2 aliphatic rings. The predicted molar refractivity (Wildman–Crippen MR) is 91.0 cm³/mol. The van der Waals surface area contributed by atoms with Crippen LogP contribution >= 0.6 is 0 Å². The highest BCUT2D eigenvalue weighted by Gasteiger charge is 2.34. The summed E-state index contributed by atoms with van der Waals surface area (Å²) in [5, 5.41) is 3.02. The van der Waals surface area contributed by atoms with Crippen molar-refractivity contribution in [2.75, 3.05) is 26.9 Å². The summed E-state index contributed by atoms with van der Waals surface area (Å²) in [6.45, 7) is 3.77. The van der Waals surface area contributed by atoms with Crippen LogP contribution in [0.25, 0.3) is 0 Å². The fraction of sp³-hybridized carbons (Fsp3) is 0.632. The number of carbonyl (C=O) groups is 1. The number of carbonyl (C=O) groups excluding carboxylic acids is 1. The van der Waals surface area contributed by atoms with Crippen LogP contribution in [0, 0.1) is 5.92 Å². The van der Waals surface area contributed by atoms with E-state index in [9.17, 15) is 4.79 Å². The lowest BCUT2D eigenvalue weighted by Gasteiger charge is -2.22. The normalized spacial score (nSPS) is 20.6. The zero-order valence-corrected chi connectivity index (χ0v) is 14.5. The van der Waals surface area contributed by atoms with Crippen molar-refractivity contribution in [3.05, 3.63) is 29.8 Å². The van der Waals surface area contributed by atoms with Crippen LogP contribution < -0.4 is 10.1 Å². The second-order valence-corrected chi connectivity index (χ2v) is 6.85. The van der Waals surface area contributed by atoms with Crippen molar-refractivity contribution in [1.29, 1.82) is 0 Å². The number of rotatable bonds is 8. The van der Waals surface area contributed by atoms with Crippen molar-refractivity contribution >= 4 is 5.91 Å². The Labute approximate surface area is 143 Å². The molecule has 3 rings (SSSR count). The summed E-state index contributed by atoms with van der Waals surface area (Å²) < 4.78 is 16.3. The van der Waals surface area contributed by atoms with Crippen LogP contribution in [0.1, 0.15) is 44.1 Å². The van der Waals surface area contributed by atoms with Gasteiger partial charge in [0.25, 0.3) is 0 Å². The van der Waals surface area contributed by atoms with E-state index in [1.54, 1.807) is 7.11 Å². The number of amides is 1. The first-order chi connectivity index (χ1) is 11.6. The highest BCUT2D eigenvalue weighted by atomic mass is 16.7. The lowest BCUT2D eigenvalue weighted by molar-refractivity contribution is -0.146. The molecule has 1 saturated heterocycles. The monoisotopic (exact) mass is 333 g/mol. The summed E-state index contributed by atoms with van der Waals surface area (Å²) in [5.74, 6) is 1.33. The summed E-state index contributed by atoms with van der Waals surface area (Å²) >= 11 is 0. The molecule has 1 heterocycles. The van der Waals surface area contributed by atoms with Crippen molar-refractivity contribution < 1.29 is 19.0 Å². The molecular weight excluding hydrogens is 306 g/mol. The Hall–Kier alpha value is -1.59. The fourth-order valence-electron chi connectivity index (χ4n) is 3.31. The van der Waals surface area contributed by atoms with Gasteiger partial charge in [-0.15, -0.1) is 0 Å². The van der Waals surface area contributed by atoms with E-state index in [0.717, 1.165) is 5.75 Å². The molecule has 1 atom stereocenters. The molecular formula is C19H27NO4. The largest absolute Gasteiger partial charge is 0.497 e. The van der Waals surface area contributed by atoms with Crippen molar-refractivity contribution in [3.8, 4) is 5.75 Å². The average molecular weight is 333 g/mol. The van der Waals surface area contributed by atoms with E-state index in [2.05, 4.69) is 17.4 Å². The number of hydrogen-bond acceptors (Lipinski definition) is 4. The lowest BCUT2D eigenvalue weighted by Crippen LogP contribution is -2.34. The smallest absolute Gasteiger partial charge is 0.220 e. The SMILES string of the molecule is COc1ccc(C(CC(=O)NCCC2(C)OCCO2)C2CC2)cc1. The Kier molecular flexibility index (Phi) is 5.41. The molecule has 132 valence electrons. The third-order valence-electron chi connectivity index (χ3n) is 4.94. The van der Waals surface area contributed by atoms with Gasteiger partial charge >= 0.3 is 0 Å². The Bertz CT molecular complexity index is 547. The molecule has 1 N–H and O–H groups in total. The first kappa shape index (κ1) is 17.2. The van der Waals surface area contributed by atoms with Gasteiger partial charge in [0, 0.05) is 19.4 Å². The zero-order valence-electron chi connectivity index (χ0n) is 14.5. The van der Waals surface area contributed by atoms with Crippen LogP contribution in [0.4, 0.5) is 0 Å². The average Bonchev–Trinajstić information content (AvgIpc) is 3.34. The molecule has 1 aromatic rings. The Morgan fingerprint density at radius 2 is 1.96 bits per heavy atom. The molecule has 1 aliphatic heterocycles. The Morgan fingerprint density at radius 1 is 1.29 bits per heavy atom. The number of benzene rings is 1. The van der Waals surface area contributed by atoms with E-state index in [4.69, 9.17) is 14.2 Å². The molecule has 5 heteroatoms. The second-order valence-electron chi connectivity index (χ2n) is 6.85. The molecule has 1 saturated carbocycles.